The molecule has 4 rings (SSSR count). The van der Waals surface area contributed by atoms with Gasteiger partial charge < -0.3 is 19.7 Å². The number of thiazole rings is 1. The maximum absolute atomic E-state index is 15.0. The molecule has 1 N–H and O–H groups in total. The summed E-state index contributed by atoms with van der Waals surface area (Å²) in [4.78, 5) is 25.7. The highest BCUT2D eigenvalue weighted by molar-refractivity contribution is 7.19. The molecule has 12 heteroatoms. The molecule has 3 aromatic rings. The van der Waals surface area contributed by atoms with Crippen LogP contribution in [-0.4, -0.2) is 61.4 Å². The lowest BCUT2D eigenvalue weighted by atomic mass is 10.1. The second-order valence-electron chi connectivity index (χ2n) is 6.77. The van der Waals surface area contributed by atoms with Gasteiger partial charge in [0.1, 0.15) is 5.82 Å². The summed E-state index contributed by atoms with van der Waals surface area (Å²) < 4.78 is 39.7. The lowest BCUT2D eigenvalue weighted by Crippen LogP contribution is -2.36. The van der Waals surface area contributed by atoms with Crippen LogP contribution in [0.4, 0.5) is 19.6 Å². The molecule has 8 nitrogen and oxygen atoms in total. The summed E-state index contributed by atoms with van der Waals surface area (Å²) in [6.07, 6.45) is 3.49. The van der Waals surface area contributed by atoms with Crippen molar-refractivity contribution in [3.05, 3.63) is 54.0 Å². The van der Waals surface area contributed by atoms with Crippen molar-refractivity contribution in [3.8, 4) is 21.8 Å². The van der Waals surface area contributed by atoms with Crippen molar-refractivity contribution >= 4 is 40.2 Å². The van der Waals surface area contributed by atoms with Gasteiger partial charge in [-0.3, -0.25) is 4.79 Å². The molecule has 180 valence electrons. The first kappa shape index (κ1) is 25.6. The Hall–Kier alpha value is -2.99. The van der Waals surface area contributed by atoms with Crippen LogP contribution in [0.1, 0.15) is 0 Å². The van der Waals surface area contributed by atoms with E-state index in [1.807, 2.05) is 4.90 Å². The number of amides is 1. The van der Waals surface area contributed by atoms with E-state index in [1.165, 1.54) is 17.5 Å². The van der Waals surface area contributed by atoms with Crippen LogP contribution in [0.5, 0.6) is 0 Å². The van der Waals surface area contributed by atoms with E-state index in [1.54, 1.807) is 19.3 Å². The van der Waals surface area contributed by atoms with E-state index in [-0.39, 0.29) is 22.2 Å². The molecular formula is C22H22ClF2N5O3S. The van der Waals surface area contributed by atoms with Crippen molar-refractivity contribution in [1.29, 1.82) is 0 Å². The zero-order valence-corrected chi connectivity index (χ0v) is 19.8. The van der Waals surface area contributed by atoms with Crippen molar-refractivity contribution < 1.29 is 23.0 Å². The fourth-order valence-electron chi connectivity index (χ4n) is 3.07. The number of halogens is 3. The Morgan fingerprint density at radius 2 is 2.06 bits per heavy atom. The first-order valence-electron chi connectivity index (χ1n) is 10.1. The van der Waals surface area contributed by atoms with Crippen LogP contribution in [-0.2, 0) is 14.3 Å². The van der Waals surface area contributed by atoms with Gasteiger partial charge in [-0.2, -0.15) is 0 Å². The largest absolute Gasteiger partial charge is 0.381 e. The van der Waals surface area contributed by atoms with Crippen molar-refractivity contribution in [2.75, 3.05) is 50.2 Å². The third-order valence-electron chi connectivity index (χ3n) is 4.58. The summed E-state index contributed by atoms with van der Waals surface area (Å²) in [5.41, 5.74) is -0.0262. The number of rotatable bonds is 7. The van der Waals surface area contributed by atoms with Crippen molar-refractivity contribution in [2.24, 2.45) is 0 Å². The van der Waals surface area contributed by atoms with E-state index in [9.17, 15) is 9.18 Å². The van der Waals surface area contributed by atoms with E-state index in [0.717, 1.165) is 12.1 Å². The standard InChI is InChI=1S/C18H14ClF2N5O2S.C4H8O/c19-17-22-4-3-12(24-17)16-15(25-18(29-16)26-5-7-28-8-6-26)13-10(20)1-2-11(14(13)21)23-9-27;1-3-4-5-2/h1-4,9H,5-8H2,(H,23,27);3H,1,4H2,2H3. The number of carbonyl (C=O) groups is 1. The molecule has 1 amide bonds. The molecule has 1 aliphatic heterocycles. The SMILES string of the molecule is C=CCOC.O=CNc1ccc(F)c(-c2nc(N3CCOCC3)sc2-c2ccnc(Cl)n2)c1F. The molecule has 1 aromatic carbocycles. The molecule has 1 saturated heterocycles. The number of nitrogens with zero attached hydrogens (tertiary/aromatic N) is 4. The normalized spacial score (nSPS) is 13.1. The first-order chi connectivity index (χ1) is 16.5. The van der Waals surface area contributed by atoms with Crippen LogP contribution in [0.3, 0.4) is 0 Å². The maximum Gasteiger partial charge on any atom is 0.222 e. The Morgan fingerprint density at radius 1 is 1.29 bits per heavy atom. The van der Waals surface area contributed by atoms with Gasteiger partial charge in [0.05, 0.1) is 47.3 Å². The van der Waals surface area contributed by atoms with Gasteiger partial charge >= 0.3 is 0 Å². The molecule has 2 aromatic heterocycles. The maximum atomic E-state index is 15.0. The average molecular weight is 510 g/mol. The molecule has 0 aliphatic carbocycles. The van der Waals surface area contributed by atoms with E-state index in [2.05, 4.69) is 31.6 Å². The molecular weight excluding hydrogens is 488 g/mol. The van der Waals surface area contributed by atoms with E-state index < -0.39 is 11.6 Å². The minimum absolute atomic E-state index is 0.00656. The molecule has 0 spiro atoms. The van der Waals surface area contributed by atoms with E-state index in [0.29, 0.717) is 55.0 Å². The Labute approximate surface area is 204 Å². The van der Waals surface area contributed by atoms with Crippen LogP contribution in [0.2, 0.25) is 5.28 Å². The number of methoxy groups -OCH3 is 1. The number of carbonyl (C=O) groups excluding carboxylic acids is 1. The number of benzene rings is 1. The highest BCUT2D eigenvalue weighted by atomic mass is 35.5. The topological polar surface area (TPSA) is 89.5 Å². The fraction of sp³-hybridized carbons (Fsp3) is 0.273. The quantitative estimate of drug-likeness (QED) is 0.286. The smallest absolute Gasteiger partial charge is 0.222 e. The van der Waals surface area contributed by atoms with Gasteiger partial charge in [-0.25, -0.2) is 23.7 Å². The third kappa shape index (κ3) is 6.11. The van der Waals surface area contributed by atoms with Crippen LogP contribution in [0, 0.1) is 11.6 Å². The highest BCUT2D eigenvalue weighted by Crippen LogP contribution is 2.42. The highest BCUT2D eigenvalue weighted by Gasteiger charge is 2.26. The van der Waals surface area contributed by atoms with Gasteiger partial charge in [-0.15, -0.1) is 6.58 Å². The molecule has 34 heavy (non-hydrogen) atoms. The number of hydrogen-bond acceptors (Lipinski definition) is 8. The molecule has 0 bridgehead atoms. The third-order valence-corrected chi connectivity index (χ3v) is 5.90. The van der Waals surface area contributed by atoms with Crippen LogP contribution < -0.4 is 10.2 Å². The van der Waals surface area contributed by atoms with Gasteiger partial charge in [-0.1, -0.05) is 17.4 Å². The Balaban J connectivity index is 0.000000588. The summed E-state index contributed by atoms with van der Waals surface area (Å²) >= 11 is 7.16. The Bertz CT molecular complexity index is 1140. The molecule has 0 radical (unpaired) electrons. The van der Waals surface area contributed by atoms with Crippen LogP contribution in [0.25, 0.3) is 21.8 Å². The van der Waals surface area contributed by atoms with Crippen molar-refractivity contribution in [3.63, 3.8) is 0 Å². The van der Waals surface area contributed by atoms with E-state index >= 15 is 4.39 Å². The predicted molar refractivity (Wildman–Crippen MR) is 128 cm³/mol. The lowest BCUT2D eigenvalue weighted by molar-refractivity contribution is -0.105. The average Bonchev–Trinajstić information content (AvgIpc) is 3.28. The number of ether oxygens (including phenoxy) is 2. The van der Waals surface area contributed by atoms with Crippen molar-refractivity contribution in [2.45, 2.75) is 0 Å². The number of aromatic nitrogens is 3. The summed E-state index contributed by atoms with van der Waals surface area (Å²) in [5.74, 6) is -1.73. The van der Waals surface area contributed by atoms with Gasteiger partial charge in [0, 0.05) is 26.4 Å². The van der Waals surface area contributed by atoms with Crippen molar-refractivity contribution in [1.82, 2.24) is 15.0 Å². The molecule has 1 aliphatic rings. The number of morpholine rings is 1. The van der Waals surface area contributed by atoms with Crippen LogP contribution >= 0.6 is 22.9 Å². The van der Waals surface area contributed by atoms with Gasteiger partial charge in [0.15, 0.2) is 10.9 Å². The Kier molecular flexibility index (Phi) is 9.40. The predicted octanol–water partition coefficient (Wildman–Crippen LogP) is 4.42. The Morgan fingerprint density at radius 3 is 2.68 bits per heavy atom. The zero-order valence-electron chi connectivity index (χ0n) is 18.3. The van der Waals surface area contributed by atoms with Gasteiger partial charge in [-0.05, 0) is 29.8 Å². The van der Waals surface area contributed by atoms with Gasteiger partial charge in [0.25, 0.3) is 0 Å². The summed E-state index contributed by atoms with van der Waals surface area (Å²) in [6.45, 7) is 6.36. The minimum Gasteiger partial charge on any atom is -0.381 e. The summed E-state index contributed by atoms with van der Waals surface area (Å²) in [7, 11) is 1.64. The van der Waals surface area contributed by atoms with Crippen LogP contribution in [0.15, 0.2) is 37.1 Å². The molecule has 1 fully saturated rings. The fourth-order valence-corrected chi connectivity index (χ4v) is 4.31. The van der Waals surface area contributed by atoms with Gasteiger partial charge in [0.2, 0.25) is 11.7 Å². The molecule has 0 saturated carbocycles. The van der Waals surface area contributed by atoms with E-state index in [4.69, 9.17) is 16.3 Å². The molecule has 3 heterocycles. The molecule has 0 unspecified atom stereocenters. The number of hydrogen-bond donors (Lipinski definition) is 1. The lowest BCUT2D eigenvalue weighted by Gasteiger charge is -2.26. The summed E-state index contributed by atoms with van der Waals surface area (Å²) in [5, 5.41) is 2.82. The first-order valence-corrected chi connectivity index (χ1v) is 11.3. The second-order valence-corrected chi connectivity index (χ2v) is 8.09. The monoisotopic (exact) mass is 509 g/mol. The zero-order chi connectivity index (χ0) is 24.5. The summed E-state index contributed by atoms with van der Waals surface area (Å²) in [6, 6.07) is 3.82. The minimum atomic E-state index is -0.919. The number of anilines is 2. The number of nitrogens with one attached hydrogen (secondary N) is 1. The second kappa shape index (κ2) is 12.5. The molecule has 0 atom stereocenters.